The summed E-state index contributed by atoms with van der Waals surface area (Å²) in [5.74, 6) is -5.66. The first-order valence-corrected chi connectivity index (χ1v) is 9.18. The van der Waals surface area contributed by atoms with Crippen molar-refractivity contribution in [2.75, 3.05) is 13.2 Å². The van der Waals surface area contributed by atoms with Crippen molar-refractivity contribution in [3.8, 4) is 0 Å². The molecule has 1 fully saturated rings. The summed E-state index contributed by atoms with van der Waals surface area (Å²) in [5, 5.41) is 19.2. The monoisotopic (exact) mass is 409 g/mol. The molecule has 10 heteroatoms. The van der Waals surface area contributed by atoms with Crippen LogP contribution in [0.5, 0.6) is 0 Å². The van der Waals surface area contributed by atoms with Gasteiger partial charge in [0.25, 0.3) is 0 Å². The number of hydrogen-bond donors (Lipinski definition) is 2. The molecule has 1 aromatic carbocycles. The number of aromatic nitrogens is 1. The highest BCUT2D eigenvalue weighted by molar-refractivity contribution is 5.32. The van der Waals surface area contributed by atoms with E-state index in [-0.39, 0.29) is 6.67 Å². The minimum absolute atomic E-state index is 0.116. The maximum atomic E-state index is 15.5. The predicted molar refractivity (Wildman–Crippen MR) is 94.4 cm³/mol. The Morgan fingerprint density at radius 3 is 2.55 bits per heavy atom. The van der Waals surface area contributed by atoms with Crippen LogP contribution in [-0.4, -0.2) is 28.3 Å². The molecular formula is C19H19F4N5O. The lowest BCUT2D eigenvalue weighted by Crippen LogP contribution is -2.53. The highest BCUT2D eigenvalue weighted by Gasteiger charge is 2.58. The van der Waals surface area contributed by atoms with Gasteiger partial charge in [0.2, 0.25) is 0 Å². The molecule has 2 heterocycles. The minimum Gasteiger partial charge on any atom is -0.377 e. The molecule has 0 saturated heterocycles. The summed E-state index contributed by atoms with van der Waals surface area (Å²) in [7, 11) is 0. The number of pyridine rings is 1. The van der Waals surface area contributed by atoms with Crippen molar-refractivity contribution in [1.82, 2.24) is 15.5 Å². The summed E-state index contributed by atoms with van der Waals surface area (Å²) in [6.07, 6.45) is 4.33. The SMILES string of the molecule is OC(CN1CN=NN1)(c1ccc(F)cc1F)C(F)(F)c1ccc(CC2CC2)cn1. The molecular weight excluding hydrogens is 390 g/mol. The van der Waals surface area contributed by atoms with Gasteiger partial charge in [0.15, 0.2) is 5.60 Å². The average Bonchev–Trinajstić information content (AvgIpc) is 3.34. The number of alkyl halides is 2. The molecule has 0 spiro atoms. The van der Waals surface area contributed by atoms with E-state index in [1.54, 1.807) is 0 Å². The standard InChI is InChI=1S/C19H19F4N5O/c20-14-4-5-15(16(21)8-14)18(29,10-28-11-25-26-27-28)19(22,23)17-6-3-13(9-24-17)7-12-1-2-12/h3-6,8-9,12,29H,1-2,7,10-11H2,(H,25,27). The quantitative estimate of drug-likeness (QED) is 0.688. The fourth-order valence-electron chi connectivity index (χ4n) is 3.37. The molecule has 1 aromatic heterocycles. The third kappa shape index (κ3) is 3.82. The molecule has 29 heavy (non-hydrogen) atoms. The van der Waals surface area contributed by atoms with Crippen molar-refractivity contribution >= 4 is 0 Å². The van der Waals surface area contributed by atoms with E-state index in [0.717, 1.165) is 48.0 Å². The fraction of sp³-hybridized carbons (Fsp3) is 0.421. The van der Waals surface area contributed by atoms with E-state index in [1.165, 1.54) is 12.3 Å². The number of halogens is 4. The molecule has 4 rings (SSSR count). The Balaban J connectivity index is 1.71. The van der Waals surface area contributed by atoms with Gasteiger partial charge in [0.1, 0.15) is 24.0 Å². The molecule has 1 aliphatic carbocycles. The van der Waals surface area contributed by atoms with Crippen molar-refractivity contribution in [2.45, 2.75) is 30.8 Å². The molecule has 2 aliphatic rings. The Morgan fingerprint density at radius 1 is 1.17 bits per heavy atom. The Bertz CT molecular complexity index is 911. The molecule has 6 nitrogen and oxygen atoms in total. The van der Waals surface area contributed by atoms with E-state index in [4.69, 9.17) is 0 Å². The summed E-state index contributed by atoms with van der Waals surface area (Å²) in [6, 6.07) is 4.75. The van der Waals surface area contributed by atoms with E-state index < -0.39 is 41.0 Å². The van der Waals surface area contributed by atoms with E-state index in [9.17, 15) is 13.9 Å². The molecule has 0 amide bonds. The zero-order valence-electron chi connectivity index (χ0n) is 15.3. The van der Waals surface area contributed by atoms with Crippen molar-refractivity contribution in [2.24, 2.45) is 16.3 Å². The summed E-state index contributed by atoms with van der Waals surface area (Å²) >= 11 is 0. The van der Waals surface area contributed by atoms with Gasteiger partial charge in [-0.3, -0.25) is 4.98 Å². The van der Waals surface area contributed by atoms with Crippen LogP contribution in [0.1, 0.15) is 29.7 Å². The summed E-state index contributed by atoms with van der Waals surface area (Å²) < 4.78 is 58.9. The van der Waals surface area contributed by atoms with Crippen LogP contribution < -0.4 is 5.53 Å². The van der Waals surface area contributed by atoms with Gasteiger partial charge in [-0.05, 0) is 42.9 Å². The Hall–Kier alpha value is -2.59. The van der Waals surface area contributed by atoms with Gasteiger partial charge in [0.05, 0.1) is 6.54 Å². The third-order valence-electron chi connectivity index (χ3n) is 5.17. The van der Waals surface area contributed by atoms with Crippen molar-refractivity contribution in [3.63, 3.8) is 0 Å². The lowest BCUT2D eigenvalue weighted by atomic mass is 9.84. The summed E-state index contributed by atoms with van der Waals surface area (Å²) in [5.41, 5.74) is -1.34. The van der Waals surface area contributed by atoms with Crippen molar-refractivity contribution < 1.29 is 22.7 Å². The maximum absolute atomic E-state index is 15.5. The summed E-state index contributed by atoms with van der Waals surface area (Å²) in [4.78, 5) is 3.85. The van der Waals surface area contributed by atoms with Gasteiger partial charge in [-0.2, -0.15) is 18.9 Å². The zero-order valence-corrected chi connectivity index (χ0v) is 15.3. The van der Waals surface area contributed by atoms with Crippen LogP contribution in [0.2, 0.25) is 0 Å². The van der Waals surface area contributed by atoms with Gasteiger partial charge in [0, 0.05) is 17.8 Å². The molecule has 2 N–H and O–H groups in total. The number of nitrogens with zero attached hydrogens (tertiary/aromatic N) is 4. The second-order valence-corrected chi connectivity index (χ2v) is 7.44. The van der Waals surface area contributed by atoms with E-state index in [1.807, 2.05) is 0 Å². The highest BCUT2D eigenvalue weighted by atomic mass is 19.3. The van der Waals surface area contributed by atoms with Crippen LogP contribution in [0.3, 0.4) is 0 Å². The number of hydrogen-bond acceptors (Lipinski definition) is 6. The highest BCUT2D eigenvalue weighted by Crippen LogP contribution is 2.46. The third-order valence-corrected chi connectivity index (χ3v) is 5.17. The van der Waals surface area contributed by atoms with Gasteiger partial charge < -0.3 is 5.11 Å². The zero-order chi connectivity index (χ0) is 20.6. The normalized spacial score (nSPS) is 19.2. The molecule has 154 valence electrons. The first kappa shape index (κ1) is 19.7. The largest absolute Gasteiger partial charge is 0.377 e. The summed E-state index contributed by atoms with van der Waals surface area (Å²) in [6.45, 7) is -0.879. The number of hydrazine groups is 1. The maximum Gasteiger partial charge on any atom is 0.323 e. The van der Waals surface area contributed by atoms with Crippen molar-refractivity contribution in [3.05, 3.63) is 65.0 Å². The fourth-order valence-corrected chi connectivity index (χ4v) is 3.37. The van der Waals surface area contributed by atoms with Crippen LogP contribution >= 0.6 is 0 Å². The minimum atomic E-state index is -3.99. The van der Waals surface area contributed by atoms with Gasteiger partial charge >= 0.3 is 5.92 Å². The lowest BCUT2D eigenvalue weighted by Gasteiger charge is -2.38. The Labute approximate surface area is 164 Å². The Kier molecular flexibility index (Phi) is 4.99. The smallest absolute Gasteiger partial charge is 0.323 e. The molecule has 1 aliphatic heterocycles. The van der Waals surface area contributed by atoms with E-state index in [0.29, 0.717) is 12.0 Å². The lowest BCUT2D eigenvalue weighted by molar-refractivity contribution is -0.210. The predicted octanol–water partition coefficient (Wildman–Crippen LogP) is 3.44. The van der Waals surface area contributed by atoms with Gasteiger partial charge in [-0.15, -0.1) is 0 Å². The van der Waals surface area contributed by atoms with Gasteiger partial charge in [-0.1, -0.05) is 17.4 Å². The first-order chi connectivity index (χ1) is 13.8. The van der Waals surface area contributed by atoms with E-state index in [2.05, 4.69) is 20.9 Å². The van der Waals surface area contributed by atoms with Crippen LogP contribution in [-0.2, 0) is 17.9 Å². The van der Waals surface area contributed by atoms with Crippen LogP contribution in [0.4, 0.5) is 17.6 Å². The van der Waals surface area contributed by atoms with Crippen LogP contribution in [0.25, 0.3) is 0 Å². The molecule has 1 unspecified atom stereocenters. The molecule has 1 atom stereocenters. The average molecular weight is 409 g/mol. The first-order valence-electron chi connectivity index (χ1n) is 9.18. The van der Waals surface area contributed by atoms with Crippen LogP contribution in [0, 0.1) is 17.6 Å². The van der Waals surface area contributed by atoms with Crippen molar-refractivity contribution in [1.29, 1.82) is 0 Å². The number of benzene rings is 1. The molecule has 0 bridgehead atoms. The Morgan fingerprint density at radius 2 is 1.97 bits per heavy atom. The number of β-amino-alcohol motifs (C(OH)–C–C–N with tert-alkyl or cyclic N) is 1. The van der Waals surface area contributed by atoms with E-state index >= 15 is 8.78 Å². The number of rotatable bonds is 7. The number of aliphatic hydroxyl groups is 1. The van der Waals surface area contributed by atoms with Gasteiger partial charge in [-0.25, -0.2) is 14.3 Å². The van der Waals surface area contributed by atoms with Crippen LogP contribution in [0.15, 0.2) is 46.9 Å². The number of nitrogens with one attached hydrogen (secondary N) is 1. The molecule has 2 aromatic rings. The topological polar surface area (TPSA) is 73.1 Å². The molecule has 0 radical (unpaired) electrons. The molecule has 1 saturated carbocycles. The second kappa shape index (κ2) is 7.34. The second-order valence-electron chi connectivity index (χ2n) is 7.44.